The lowest BCUT2D eigenvalue weighted by Gasteiger charge is -2.22. The Balaban J connectivity index is 2.51. The topological polar surface area (TPSA) is 25.2 Å². The van der Waals surface area contributed by atoms with E-state index < -0.39 is 0 Å². The molecule has 1 heterocycles. The van der Waals surface area contributed by atoms with E-state index in [0.717, 1.165) is 24.5 Å². The molecule has 0 aliphatic carbocycles. The molecule has 1 N–H and O–H groups in total. The smallest absolute Gasteiger partial charge is 0.121 e. The average Bonchev–Trinajstić information content (AvgIpc) is 2.69. The number of hydrogen-bond donors (Lipinski definition) is 1. The predicted molar refractivity (Wildman–Crippen MR) is 72.0 cm³/mol. The highest BCUT2D eigenvalue weighted by atomic mass is 32.2. The van der Waals surface area contributed by atoms with Crippen LogP contribution < -0.4 is 5.32 Å². The first-order valence-corrected chi connectivity index (χ1v) is 6.92. The number of hydrogen-bond acceptors (Lipinski definition) is 3. The van der Waals surface area contributed by atoms with Crippen molar-refractivity contribution in [1.82, 2.24) is 5.32 Å². The Kier molecular flexibility index (Phi) is 5.42. The Bertz CT molecular complexity index is 277. The van der Waals surface area contributed by atoms with E-state index in [1.54, 1.807) is 6.26 Å². The molecule has 1 rings (SSSR count). The third kappa shape index (κ3) is 5.08. The van der Waals surface area contributed by atoms with Crippen molar-refractivity contribution in [1.29, 1.82) is 0 Å². The predicted octanol–water partition coefficient (Wildman–Crippen LogP) is 3.85. The summed E-state index contributed by atoms with van der Waals surface area (Å²) in [6, 6.07) is 4.34. The van der Waals surface area contributed by atoms with Gasteiger partial charge in [0.05, 0.1) is 12.3 Å². The van der Waals surface area contributed by atoms with Gasteiger partial charge in [0.15, 0.2) is 0 Å². The van der Waals surface area contributed by atoms with Crippen LogP contribution in [0.25, 0.3) is 0 Å². The van der Waals surface area contributed by atoms with Crippen molar-refractivity contribution in [2.24, 2.45) is 0 Å². The van der Waals surface area contributed by atoms with Gasteiger partial charge in [0, 0.05) is 10.5 Å². The van der Waals surface area contributed by atoms with E-state index in [1.165, 1.54) is 0 Å². The Labute approximate surface area is 103 Å². The molecule has 3 heteroatoms. The van der Waals surface area contributed by atoms with Crippen LogP contribution in [0.5, 0.6) is 0 Å². The van der Waals surface area contributed by atoms with Crippen molar-refractivity contribution in [3.8, 4) is 0 Å². The fraction of sp³-hybridized carbons (Fsp3) is 0.692. The zero-order chi connectivity index (χ0) is 12.0. The van der Waals surface area contributed by atoms with Gasteiger partial charge in [-0.25, -0.2) is 0 Å². The van der Waals surface area contributed by atoms with Crippen molar-refractivity contribution in [3.05, 3.63) is 24.2 Å². The zero-order valence-electron chi connectivity index (χ0n) is 10.7. The van der Waals surface area contributed by atoms with Crippen molar-refractivity contribution < 1.29 is 4.42 Å². The Morgan fingerprint density at radius 1 is 1.44 bits per heavy atom. The molecule has 0 aliphatic rings. The van der Waals surface area contributed by atoms with Crippen LogP contribution in [0.4, 0.5) is 0 Å². The number of thioether (sulfide) groups is 1. The minimum absolute atomic E-state index is 0.304. The molecule has 1 aromatic heterocycles. The van der Waals surface area contributed by atoms with Gasteiger partial charge >= 0.3 is 0 Å². The lowest BCUT2D eigenvalue weighted by molar-refractivity contribution is 0.434. The van der Waals surface area contributed by atoms with Gasteiger partial charge in [-0.05, 0) is 25.1 Å². The maximum Gasteiger partial charge on any atom is 0.121 e. The van der Waals surface area contributed by atoms with Crippen molar-refractivity contribution in [2.45, 2.75) is 44.9 Å². The summed E-state index contributed by atoms with van der Waals surface area (Å²) in [5.74, 6) is 2.10. The highest BCUT2D eigenvalue weighted by Gasteiger charge is 2.18. The monoisotopic (exact) mass is 241 g/mol. The maximum absolute atomic E-state index is 5.48. The molecule has 92 valence electrons. The van der Waals surface area contributed by atoms with Gasteiger partial charge < -0.3 is 9.73 Å². The van der Waals surface area contributed by atoms with Crippen LogP contribution in [-0.2, 0) is 0 Å². The molecule has 0 aliphatic heterocycles. The second-order valence-electron chi connectivity index (χ2n) is 4.95. The highest BCUT2D eigenvalue weighted by molar-refractivity contribution is 8.00. The summed E-state index contributed by atoms with van der Waals surface area (Å²) in [6.45, 7) is 9.96. The summed E-state index contributed by atoms with van der Waals surface area (Å²) < 4.78 is 5.79. The molecule has 16 heavy (non-hydrogen) atoms. The van der Waals surface area contributed by atoms with E-state index in [1.807, 2.05) is 17.8 Å². The van der Waals surface area contributed by atoms with Gasteiger partial charge in [0.25, 0.3) is 0 Å². The number of furan rings is 1. The lowest BCUT2D eigenvalue weighted by atomic mass is 10.2. The van der Waals surface area contributed by atoms with Crippen LogP contribution in [0.2, 0.25) is 0 Å². The van der Waals surface area contributed by atoms with Crippen LogP contribution in [0.3, 0.4) is 0 Å². The average molecular weight is 241 g/mol. The molecule has 1 unspecified atom stereocenters. The fourth-order valence-corrected chi connectivity index (χ4v) is 2.33. The third-order valence-corrected chi connectivity index (χ3v) is 3.58. The second-order valence-corrected chi connectivity index (χ2v) is 6.79. The number of nitrogens with one attached hydrogen (secondary N) is 1. The van der Waals surface area contributed by atoms with Crippen molar-refractivity contribution in [2.75, 3.05) is 12.3 Å². The van der Waals surface area contributed by atoms with E-state index in [2.05, 4.69) is 39.1 Å². The molecule has 0 fully saturated rings. The highest BCUT2D eigenvalue weighted by Crippen LogP contribution is 2.28. The molecule has 0 radical (unpaired) electrons. The van der Waals surface area contributed by atoms with Crippen LogP contribution >= 0.6 is 11.8 Å². The molecule has 0 saturated carbocycles. The van der Waals surface area contributed by atoms with Crippen LogP contribution in [0.1, 0.15) is 45.9 Å². The molecule has 2 nitrogen and oxygen atoms in total. The first kappa shape index (κ1) is 13.7. The van der Waals surface area contributed by atoms with E-state index >= 15 is 0 Å². The Morgan fingerprint density at radius 3 is 2.69 bits per heavy atom. The summed E-state index contributed by atoms with van der Waals surface area (Å²) in [5.41, 5.74) is 0. The molecular weight excluding hydrogens is 218 g/mol. The SMILES string of the molecule is CCCNC(CSC(C)(C)C)c1ccco1. The molecule has 0 bridgehead atoms. The van der Waals surface area contributed by atoms with E-state index in [-0.39, 0.29) is 0 Å². The third-order valence-electron chi connectivity index (χ3n) is 2.21. The summed E-state index contributed by atoms with van der Waals surface area (Å²) in [6.07, 6.45) is 2.90. The maximum atomic E-state index is 5.48. The fourth-order valence-electron chi connectivity index (χ4n) is 1.38. The van der Waals surface area contributed by atoms with Crippen LogP contribution in [0.15, 0.2) is 22.8 Å². The second kappa shape index (κ2) is 6.36. The molecule has 0 saturated heterocycles. The van der Waals surface area contributed by atoms with Gasteiger partial charge in [-0.2, -0.15) is 11.8 Å². The minimum Gasteiger partial charge on any atom is -0.468 e. The first-order chi connectivity index (χ1) is 7.53. The summed E-state index contributed by atoms with van der Waals surface area (Å²) in [5, 5.41) is 3.53. The standard InChI is InChI=1S/C13H23NOS/c1-5-8-14-11(10-16-13(2,3)4)12-7-6-9-15-12/h6-7,9,11,14H,5,8,10H2,1-4H3. The van der Waals surface area contributed by atoms with Gasteiger partial charge in [-0.1, -0.05) is 27.7 Å². The quantitative estimate of drug-likeness (QED) is 0.819. The summed E-state index contributed by atoms with van der Waals surface area (Å²) in [4.78, 5) is 0. The van der Waals surface area contributed by atoms with E-state index in [4.69, 9.17) is 4.42 Å². The van der Waals surface area contributed by atoms with Crippen LogP contribution in [-0.4, -0.2) is 17.0 Å². The van der Waals surface area contributed by atoms with Crippen molar-refractivity contribution in [3.63, 3.8) is 0 Å². The minimum atomic E-state index is 0.304. The molecule has 0 amide bonds. The normalized spacial score (nSPS) is 14.0. The number of rotatable bonds is 6. The van der Waals surface area contributed by atoms with Gasteiger partial charge in [-0.15, -0.1) is 0 Å². The first-order valence-electron chi connectivity index (χ1n) is 5.93. The molecule has 1 aromatic rings. The molecule has 0 aromatic carbocycles. The van der Waals surface area contributed by atoms with Gasteiger partial charge in [0.2, 0.25) is 0 Å². The Morgan fingerprint density at radius 2 is 2.19 bits per heavy atom. The largest absolute Gasteiger partial charge is 0.468 e. The van der Waals surface area contributed by atoms with Crippen LogP contribution in [0, 0.1) is 0 Å². The van der Waals surface area contributed by atoms with Crippen molar-refractivity contribution >= 4 is 11.8 Å². The molecule has 1 atom stereocenters. The lowest BCUT2D eigenvalue weighted by Crippen LogP contribution is -2.25. The Hall–Kier alpha value is -0.410. The molecule has 0 spiro atoms. The van der Waals surface area contributed by atoms with E-state index in [0.29, 0.717) is 10.8 Å². The summed E-state index contributed by atoms with van der Waals surface area (Å²) >= 11 is 1.97. The zero-order valence-corrected chi connectivity index (χ0v) is 11.6. The van der Waals surface area contributed by atoms with Gasteiger partial charge in [-0.3, -0.25) is 0 Å². The summed E-state index contributed by atoms with van der Waals surface area (Å²) in [7, 11) is 0. The van der Waals surface area contributed by atoms with Gasteiger partial charge in [0.1, 0.15) is 5.76 Å². The van der Waals surface area contributed by atoms with E-state index in [9.17, 15) is 0 Å². The molecular formula is C13H23NOS.